The molecular weight excluding hydrogens is 318 g/mol. The zero-order chi connectivity index (χ0) is 12.7. The molecule has 0 spiro atoms. The van der Waals surface area contributed by atoms with E-state index in [1.54, 1.807) is 0 Å². The molecule has 1 N–H and O–H groups in total. The number of carbonyl (C=O) groups excluding carboxylic acids is 2. The average molecular weight is 330 g/mol. The van der Waals surface area contributed by atoms with E-state index in [1.807, 2.05) is 21.2 Å². The molecule has 0 aromatic carbocycles. The first-order valence-corrected chi connectivity index (χ1v) is 7.40. The number of nitrogens with zero attached hydrogens (tertiary/aromatic N) is 2. The van der Waals surface area contributed by atoms with Crippen molar-refractivity contribution in [3.8, 4) is 0 Å². The zero-order valence-corrected chi connectivity index (χ0v) is 12.0. The summed E-state index contributed by atoms with van der Waals surface area (Å²) in [6.45, 7) is 2.48. The number of hydrogen-bond donors (Lipinski definition) is 1. The van der Waals surface area contributed by atoms with Gasteiger partial charge in [-0.3, -0.25) is 4.79 Å². The van der Waals surface area contributed by atoms with E-state index in [2.05, 4.69) is 21.2 Å². The van der Waals surface area contributed by atoms with Gasteiger partial charge in [-0.05, 0) is 22.0 Å². The lowest BCUT2D eigenvalue weighted by atomic mass is 10.1. The Morgan fingerprint density at radius 1 is 1.50 bits per heavy atom. The number of thiophene rings is 1. The fourth-order valence-electron chi connectivity index (χ4n) is 2.39. The van der Waals surface area contributed by atoms with Crippen LogP contribution in [-0.2, 0) is 0 Å². The highest BCUT2D eigenvalue weighted by Gasteiger charge is 2.37. The Bertz CT molecular complexity index is 504. The van der Waals surface area contributed by atoms with Crippen LogP contribution < -0.4 is 5.32 Å². The van der Waals surface area contributed by atoms with E-state index in [0.717, 1.165) is 9.35 Å². The number of fused-ring (bicyclic) bond motifs is 1. The van der Waals surface area contributed by atoms with Crippen molar-refractivity contribution >= 4 is 39.2 Å². The lowest BCUT2D eigenvalue weighted by molar-refractivity contribution is 0.0617. The molecule has 5 nitrogen and oxygen atoms in total. The van der Waals surface area contributed by atoms with Crippen LogP contribution in [0.1, 0.15) is 10.4 Å². The van der Waals surface area contributed by atoms with Crippen LogP contribution in [-0.4, -0.2) is 54.0 Å². The van der Waals surface area contributed by atoms with Crippen LogP contribution in [0.3, 0.4) is 0 Å². The number of amides is 3. The summed E-state index contributed by atoms with van der Waals surface area (Å²) >= 11 is 4.87. The Kier molecular flexibility index (Phi) is 3.03. The van der Waals surface area contributed by atoms with Gasteiger partial charge >= 0.3 is 6.03 Å². The van der Waals surface area contributed by atoms with Gasteiger partial charge in [0.25, 0.3) is 5.91 Å². The van der Waals surface area contributed by atoms with Gasteiger partial charge in [0.15, 0.2) is 0 Å². The summed E-state index contributed by atoms with van der Waals surface area (Å²) < 4.78 is 0.960. The maximum absolute atomic E-state index is 12.3. The number of hydrogen-bond acceptors (Lipinski definition) is 3. The minimum atomic E-state index is -0.00891. The molecule has 18 heavy (non-hydrogen) atoms. The summed E-state index contributed by atoms with van der Waals surface area (Å²) in [7, 11) is 0. The third kappa shape index (κ3) is 2.01. The molecule has 96 valence electrons. The molecule has 7 heteroatoms. The van der Waals surface area contributed by atoms with E-state index >= 15 is 0 Å². The van der Waals surface area contributed by atoms with Gasteiger partial charge < -0.3 is 15.1 Å². The van der Waals surface area contributed by atoms with Crippen LogP contribution in [0.25, 0.3) is 0 Å². The van der Waals surface area contributed by atoms with Gasteiger partial charge in [0.2, 0.25) is 0 Å². The second-order valence-electron chi connectivity index (χ2n) is 4.42. The number of halogens is 1. The predicted molar refractivity (Wildman–Crippen MR) is 71.8 cm³/mol. The molecule has 0 bridgehead atoms. The Balaban J connectivity index is 1.71. The summed E-state index contributed by atoms with van der Waals surface area (Å²) in [6, 6.07) is 1.96. The van der Waals surface area contributed by atoms with E-state index in [4.69, 9.17) is 0 Å². The maximum Gasteiger partial charge on any atom is 0.317 e. The van der Waals surface area contributed by atoms with Gasteiger partial charge in [0.1, 0.15) is 0 Å². The quantitative estimate of drug-likeness (QED) is 0.845. The lowest BCUT2D eigenvalue weighted by Crippen LogP contribution is -2.53. The molecule has 2 saturated heterocycles. The van der Waals surface area contributed by atoms with Gasteiger partial charge in [-0.15, -0.1) is 11.3 Å². The molecule has 3 rings (SSSR count). The molecule has 0 radical (unpaired) electrons. The summed E-state index contributed by atoms with van der Waals surface area (Å²) in [5.74, 6) is 0.0518. The molecule has 2 fully saturated rings. The number of urea groups is 1. The SMILES string of the molecule is O=C(c1csc(Br)c1)N1CCN2C(=O)NCC2C1. The highest BCUT2D eigenvalue weighted by molar-refractivity contribution is 9.11. The number of rotatable bonds is 1. The van der Waals surface area contributed by atoms with Crippen LogP contribution in [0, 0.1) is 0 Å². The number of piperazine rings is 1. The fraction of sp³-hybridized carbons (Fsp3) is 0.455. The second kappa shape index (κ2) is 4.55. The molecule has 1 unspecified atom stereocenters. The maximum atomic E-state index is 12.3. The number of nitrogens with one attached hydrogen (secondary N) is 1. The van der Waals surface area contributed by atoms with Gasteiger partial charge in [-0.25, -0.2) is 4.79 Å². The van der Waals surface area contributed by atoms with Crippen molar-refractivity contribution in [1.82, 2.24) is 15.1 Å². The van der Waals surface area contributed by atoms with Gasteiger partial charge in [0.05, 0.1) is 15.4 Å². The van der Waals surface area contributed by atoms with Crippen molar-refractivity contribution in [2.24, 2.45) is 0 Å². The van der Waals surface area contributed by atoms with Crippen molar-refractivity contribution in [2.45, 2.75) is 6.04 Å². The van der Waals surface area contributed by atoms with Crippen molar-refractivity contribution in [3.63, 3.8) is 0 Å². The molecule has 2 aliphatic heterocycles. The van der Waals surface area contributed by atoms with Crippen LogP contribution >= 0.6 is 27.3 Å². The molecule has 0 aliphatic carbocycles. The van der Waals surface area contributed by atoms with Crippen molar-refractivity contribution < 1.29 is 9.59 Å². The number of carbonyl (C=O) groups is 2. The predicted octanol–water partition coefficient (Wildman–Crippen LogP) is 1.36. The molecular formula is C11H12BrN3O2S. The van der Waals surface area contributed by atoms with Crippen molar-refractivity contribution in [1.29, 1.82) is 0 Å². The summed E-state index contributed by atoms with van der Waals surface area (Å²) in [5, 5.41) is 4.67. The fourth-order valence-corrected chi connectivity index (χ4v) is 3.52. The topological polar surface area (TPSA) is 52.7 Å². The normalized spacial score (nSPS) is 22.9. The second-order valence-corrected chi connectivity index (χ2v) is 6.71. The lowest BCUT2D eigenvalue weighted by Gasteiger charge is -2.36. The third-order valence-corrected chi connectivity index (χ3v) is 4.84. The Labute approximate surface area is 117 Å². The Morgan fingerprint density at radius 2 is 2.33 bits per heavy atom. The summed E-state index contributed by atoms with van der Waals surface area (Å²) in [4.78, 5) is 27.4. The highest BCUT2D eigenvalue weighted by Crippen LogP contribution is 2.23. The smallest absolute Gasteiger partial charge is 0.317 e. The molecule has 2 aliphatic rings. The first-order chi connectivity index (χ1) is 8.65. The van der Waals surface area contributed by atoms with Crippen LogP contribution in [0.4, 0.5) is 4.79 Å². The molecule has 1 aromatic rings. The van der Waals surface area contributed by atoms with E-state index in [9.17, 15) is 9.59 Å². The van der Waals surface area contributed by atoms with Gasteiger partial charge in [0, 0.05) is 31.6 Å². The minimum absolute atomic E-state index is 0.00891. The highest BCUT2D eigenvalue weighted by atomic mass is 79.9. The molecule has 0 saturated carbocycles. The van der Waals surface area contributed by atoms with Crippen LogP contribution in [0.5, 0.6) is 0 Å². The van der Waals surface area contributed by atoms with Crippen LogP contribution in [0.15, 0.2) is 15.2 Å². The van der Waals surface area contributed by atoms with Gasteiger partial charge in [-0.1, -0.05) is 0 Å². The summed E-state index contributed by atoms with van der Waals surface area (Å²) in [5.41, 5.74) is 0.720. The largest absolute Gasteiger partial charge is 0.336 e. The standard InChI is InChI=1S/C11H12BrN3O2S/c12-9-3-7(6-18-9)10(16)14-1-2-15-8(5-14)4-13-11(15)17/h3,6,8H,1-2,4-5H2,(H,13,17). The van der Waals surface area contributed by atoms with E-state index in [1.165, 1.54) is 11.3 Å². The molecule has 3 amide bonds. The zero-order valence-electron chi connectivity index (χ0n) is 9.56. The first-order valence-electron chi connectivity index (χ1n) is 5.73. The minimum Gasteiger partial charge on any atom is -0.336 e. The monoisotopic (exact) mass is 329 g/mol. The van der Waals surface area contributed by atoms with Gasteiger partial charge in [-0.2, -0.15) is 0 Å². The average Bonchev–Trinajstić information content (AvgIpc) is 2.95. The Morgan fingerprint density at radius 3 is 3.06 bits per heavy atom. The van der Waals surface area contributed by atoms with Crippen molar-refractivity contribution in [2.75, 3.05) is 26.2 Å². The van der Waals surface area contributed by atoms with E-state index in [0.29, 0.717) is 26.2 Å². The van der Waals surface area contributed by atoms with Crippen LogP contribution in [0.2, 0.25) is 0 Å². The molecule has 3 heterocycles. The summed E-state index contributed by atoms with van der Waals surface area (Å²) in [6.07, 6.45) is 0. The van der Waals surface area contributed by atoms with E-state index < -0.39 is 0 Å². The Hall–Kier alpha value is -1.08. The van der Waals surface area contributed by atoms with E-state index in [-0.39, 0.29) is 18.0 Å². The molecule has 1 aromatic heterocycles. The first kappa shape index (κ1) is 12.0. The van der Waals surface area contributed by atoms with Crippen molar-refractivity contribution in [3.05, 3.63) is 20.8 Å². The third-order valence-electron chi connectivity index (χ3n) is 3.33. The molecule has 1 atom stereocenters.